The first kappa shape index (κ1) is 14.8. The Morgan fingerprint density at radius 3 is 2.64 bits per heavy atom. The van der Waals surface area contributed by atoms with Gasteiger partial charge in [-0.2, -0.15) is 0 Å². The molecule has 1 aliphatic carbocycles. The van der Waals surface area contributed by atoms with E-state index in [-0.39, 0.29) is 0 Å². The molecule has 1 aromatic carbocycles. The molecule has 5 heteroatoms. The van der Waals surface area contributed by atoms with Gasteiger partial charge in [0.15, 0.2) is 11.5 Å². The molecule has 3 rings (SSSR count). The van der Waals surface area contributed by atoms with E-state index in [1.807, 2.05) is 18.2 Å². The van der Waals surface area contributed by atoms with Crippen molar-refractivity contribution in [2.45, 2.75) is 32.2 Å². The Morgan fingerprint density at radius 2 is 1.91 bits per heavy atom. The van der Waals surface area contributed by atoms with Crippen molar-refractivity contribution in [3.8, 4) is 11.5 Å². The zero-order valence-corrected chi connectivity index (χ0v) is 13.1. The normalized spacial score (nSPS) is 13.0. The summed E-state index contributed by atoms with van der Waals surface area (Å²) >= 11 is 0. The van der Waals surface area contributed by atoms with Gasteiger partial charge in [-0.05, 0) is 42.5 Å². The molecule has 1 aromatic heterocycles. The molecule has 2 N–H and O–H groups in total. The number of methoxy groups -OCH3 is 2. The maximum Gasteiger partial charge on any atom is 0.161 e. The van der Waals surface area contributed by atoms with Gasteiger partial charge in [-0.25, -0.2) is 9.97 Å². The molecule has 0 spiro atoms. The summed E-state index contributed by atoms with van der Waals surface area (Å²) in [4.78, 5) is 9.36. The van der Waals surface area contributed by atoms with Gasteiger partial charge in [-0.1, -0.05) is 6.07 Å². The number of benzene rings is 1. The van der Waals surface area contributed by atoms with Crippen molar-refractivity contribution in [3.63, 3.8) is 0 Å². The third-order valence-corrected chi connectivity index (χ3v) is 4.07. The first-order valence-electron chi connectivity index (χ1n) is 7.53. The average Bonchev–Trinajstić information content (AvgIpc) is 3.02. The Balaban J connectivity index is 1.90. The van der Waals surface area contributed by atoms with Gasteiger partial charge in [0.2, 0.25) is 0 Å². The van der Waals surface area contributed by atoms with Gasteiger partial charge in [-0.15, -0.1) is 0 Å². The molecule has 0 atom stereocenters. The minimum absolute atomic E-state index is 0.476. The molecule has 0 saturated carbocycles. The number of rotatable bonds is 5. The summed E-state index contributed by atoms with van der Waals surface area (Å²) in [6, 6.07) is 5.89. The third-order valence-electron chi connectivity index (χ3n) is 4.07. The number of hydrogen-bond donors (Lipinski definition) is 1. The van der Waals surface area contributed by atoms with Crippen LogP contribution in [0, 0.1) is 0 Å². The van der Waals surface area contributed by atoms with E-state index in [0.717, 1.165) is 47.8 Å². The topological polar surface area (TPSA) is 70.3 Å². The molecule has 2 aromatic rings. The van der Waals surface area contributed by atoms with E-state index < -0.39 is 0 Å². The lowest BCUT2D eigenvalue weighted by atomic mass is 10.1. The first-order chi connectivity index (χ1) is 10.7. The molecular weight excluding hydrogens is 278 g/mol. The number of aryl methyl sites for hydroxylation is 1. The van der Waals surface area contributed by atoms with E-state index in [2.05, 4.69) is 4.98 Å². The number of aromatic nitrogens is 2. The predicted octanol–water partition coefficient (Wildman–Crippen LogP) is 2.03. The van der Waals surface area contributed by atoms with Crippen LogP contribution in [0.2, 0.25) is 0 Å². The van der Waals surface area contributed by atoms with Crippen molar-refractivity contribution in [1.82, 2.24) is 9.97 Å². The fourth-order valence-corrected chi connectivity index (χ4v) is 2.99. The first-order valence-corrected chi connectivity index (χ1v) is 7.53. The minimum Gasteiger partial charge on any atom is -0.493 e. The second kappa shape index (κ2) is 6.32. The van der Waals surface area contributed by atoms with Crippen LogP contribution in [0.25, 0.3) is 0 Å². The number of fused-ring (bicyclic) bond motifs is 1. The summed E-state index contributed by atoms with van der Waals surface area (Å²) < 4.78 is 10.6. The summed E-state index contributed by atoms with van der Waals surface area (Å²) in [5.41, 5.74) is 10.4. The Morgan fingerprint density at radius 1 is 1.09 bits per heavy atom. The Kier molecular flexibility index (Phi) is 4.24. The van der Waals surface area contributed by atoms with Crippen LogP contribution in [-0.4, -0.2) is 24.2 Å². The van der Waals surface area contributed by atoms with Gasteiger partial charge in [0.05, 0.1) is 19.9 Å². The monoisotopic (exact) mass is 299 g/mol. The van der Waals surface area contributed by atoms with Gasteiger partial charge >= 0.3 is 0 Å². The van der Waals surface area contributed by atoms with Crippen LogP contribution >= 0.6 is 0 Å². The fraction of sp³-hybridized carbons (Fsp3) is 0.412. The van der Waals surface area contributed by atoms with E-state index in [1.165, 1.54) is 11.3 Å². The zero-order valence-electron chi connectivity index (χ0n) is 13.1. The van der Waals surface area contributed by atoms with Crippen LogP contribution in [0.15, 0.2) is 18.2 Å². The Labute approximate surface area is 130 Å². The number of ether oxygens (including phenoxy) is 2. The summed E-state index contributed by atoms with van der Waals surface area (Å²) in [5, 5.41) is 0. The van der Waals surface area contributed by atoms with Crippen molar-refractivity contribution in [1.29, 1.82) is 0 Å². The van der Waals surface area contributed by atoms with E-state index in [4.69, 9.17) is 20.2 Å². The lowest BCUT2D eigenvalue weighted by Crippen LogP contribution is -2.10. The summed E-state index contributed by atoms with van der Waals surface area (Å²) in [6.07, 6.45) is 3.90. The third kappa shape index (κ3) is 2.76. The van der Waals surface area contributed by atoms with Gasteiger partial charge in [0.1, 0.15) is 5.82 Å². The maximum absolute atomic E-state index is 5.84. The van der Waals surface area contributed by atoms with Gasteiger partial charge in [0, 0.05) is 18.7 Å². The van der Waals surface area contributed by atoms with Crippen molar-refractivity contribution < 1.29 is 9.47 Å². The molecule has 0 radical (unpaired) electrons. The molecule has 0 fully saturated rings. The molecule has 0 bridgehead atoms. The van der Waals surface area contributed by atoms with E-state index in [1.54, 1.807) is 14.2 Å². The van der Waals surface area contributed by atoms with Crippen LogP contribution in [0.5, 0.6) is 11.5 Å². The van der Waals surface area contributed by atoms with Crippen LogP contribution in [0.3, 0.4) is 0 Å². The van der Waals surface area contributed by atoms with Crippen LogP contribution in [0.4, 0.5) is 0 Å². The van der Waals surface area contributed by atoms with Crippen LogP contribution in [0.1, 0.15) is 34.8 Å². The molecule has 116 valence electrons. The maximum atomic E-state index is 5.84. The van der Waals surface area contributed by atoms with Gasteiger partial charge in [-0.3, -0.25) is 0 Å². The predicted molar refractivity (Wildman–Crippen MR) is 84.3 cm³/mol. The average molecular weight is 299 g/mol. The molecule has 1 aliphatic rings. The number of hydrogen-bond acceptors (Lipinski definition) is 5. The smallest absolute Gasteiger partial charge is 0.161 e. The van der Waals surface area contributed by atoms with E-state index in [0.29, 0.717) is 13.0 Å². The summed E-state index contributed by atoms with van der Waals surface area (Å²) in [6.45, 7) is 0.476. The van der Waals surface area contributed by atoms with Crippen molar-refractivity contribution in [3.05, 3.63) is 46.5 Å². The molecule has 0 saturated heterocycles. The highest BCUT2D eigenvalue weighted by molar-refractivity contribution is 5.43. The van der Waals surface area contributed by atoms with Crippen molar-refractivity contribution >= 4 is 0 Å². The molecule has 0 unspecified atom stereocenters. The summed E-state index contributed by atoms with van der Waals surface area (Å²) in [7, 11) is 3.27. The van der Waals surface area contributed by atoms with Crippen LogP contribution < -0.4 is 15.2 Å². The second-order valence-corrected chi connectivity index (χ2v) is 5.44. The van der Waals surface area contributed by atoms with Crippen LogP contribution in [-0.2, 0) is 25.8 Å². The van der Waals surface area contributed by atoms with Gasteiger partial charge in [0.25, 0.3) is 0 Å². The van der Waals surface area contributed by atoms with Crippen molar-refractivity contribution in [2.24, 2.45) is 5.73 Å². The highest BCUT2D eigenvalue weighted by Crippen LogP contribution is 2.29. The highest BCUT2D eigenvalue weighted by atomic mass is 16.5. The number of nitrogens with two attached hydrogens (primary N) is 1. The molecule has 0 aliphatic heterocycles. The molecule has 0 amide bonds. The fourth-order valence-electron chi connectivity index (χ4n) is 2.99. The number of nitrogens with zero attached hydrogens (tertiary/aromatic N) is 2. The lowest BCUT2D eigenvalue weighted by Gasteiger charge is -2.11. The largest absolute Gasteiger partial charge is 0.493 e. The van der Waals surface area contributed by atoms with E-state index in [9.17, 15) is 0 Å². The molecule has 5 nitrogen and oxygen atoms in total. The quantitative estimate of drug-likeness (QED) is 0.915. The molecular formula is C17H21N3O2. The minimum atomic E-state index is 0.476. The summed E-state index contributed by atoms with van der Waals surface area (Å²) in [5.74, 6) is 2.28. The second-order valence-electron chi connectivity index (χ2n) is 5.44. The molecule has 22 heavy (non-hydrogen) atoms. The van der Waals surface area contributed by atoms with E-state index >= 15 is 0 Å². The molecule has 1 heterocycles. The zero-order chi connectivity index (χ0) is 15.5. The highest BCUT2D eigenvalue weighted by Gasteiger charge is 2.18. The van der Waals surface area contributed by atoms with Gasteiger partial charge < -0.3 is 15.2 Å². The van der Waals surface area contributed by atoms with Crippen molar-refractivity contribution in [2.75, 3.05) is 14.2 Å². The SMILES string of the molecule is COc1ccc(Cc2nc(CN)c3c(n2)CCC3)cc1OC. The standard InChI is InChI=1S/C17H21N3O2/c1-21-15-7-6-11(8-16(15)22-2)9-17-19-13-5-3-4-12(13)14(10-18)20-17/h6-8H,3-5,9-10,18H2,1-2H3. The Hall–Kier alpha value is -2.14. The lowest BCUT2D eigenvalue weighted by molar-refractivity contribution is 0.354. The Bertz CT molecular complexity index is 686.